The van der Waals surface area contributed by atoms with Gasteiger partial charge in [0.15, 0.2) is 11.6 Å². The van der Waals surface area contributed by atoms with E-state index >= 15 is 0 Å². The highest BCUT2D eigenvalue weighted by atomic mass is 19.1. The molecule has 0 atom stereocenters. The third-order valence-corrected chi connectivity index (χ3v) is 3.86. The fourth-order valence-electron chi connectivity index (χ4n) is 2.62. The summed E-state index contributed by atoms with van der Waals surface area (Å²) in [6.07, 6.45) is 6.67. The molecule has 0 unspecified atom stereocenters. The number of aromatic nitrogens is 5. The number of pyridine rings is 1. The number of rotatable bonds is 5. The van der Waals surface area contributed by atoms with E-state index in [0.29, 0.717) is 23.3 Å². The molecule has 0 aliphatic rings. The Hall–Kier alpha value is -3.55. The van der Waals surface area contributed by atoms with Crippen LogP contribution >= 0.6 is 0 Å². The Balaban J connectivity index is 1.61. The molecule has 3 aromatic heterocycles. The maximum atomic E-state index is 13.9. The molecule has 4 aromatic rings. The second-order valence-electron chi connectivity index (χ2n) is 5.60. The zero-order valence-electron chi connectivity index (χ0n) is 13.9. The van der Waals surface area contributed by atoms with Gasteiger partial charge in [0.2, 0.25) is 0 Å². The van der Waals surface area contributed by atoms with Crippen LogP contribution in [-0.4, -0.2) is 31.8 Å². The lowest BCUT2D eigenvalue weighted by Gasteiger charge is -2.08. The molecule has 0 bridgehead atoms. The van der Waals surface area contributed by atoms with Crippen LogP contribution in [0.5, 0.6) is 5.75 Å². The number of fused-ring (bicyclic) bond motifs is 1. The van der Waals surface area contributed by atoms with Crippen molar-refractivity contribution in [1.29, 1.82) is 0 Å². The SMILES string of the molecule is COc1cc2c(Nc3cnn(Cc4ccccn4)c3)ncnc2cc1F. The maximum Gasteiger partial charge on any atom is 0.167 e. The van der Waals surface area contributed by atoms with E-state index in [9.17, 15) is 4.39 Å². The zero-order valence-corrected chi connectivity index (χ0v) is 13.9. The van der Waals surface area contributed by atoms with Gasteiger partial charge in [-0.15, -0.1) is 0 Å². The van der Waals surface area contributed by atoms with E-state index in [0.717, 1.165) is 11.4 Å². The number of nitrogens with one attached hydrogen (secondary N) is 1. The minimum Gasteiger partial charge on any atom is -0.494 e. The highest BCUT2D eigenvalue weighted by Crippen LogP contribution is 2.28. The van der Waals surface area contributed by atoms with Crippen molar-refractivity contribution in [3.63, 3.8) is 0 Å². The molecular weight excluding hydrogens is 335 g/mol. The Labute approximate surface area is 148 Å². The predicted octanol–water partition coefficient (Wildman–Crippen LogP) is 3.16. The highest BCUT2D eigenvalue weighted by Gasteiger charge is 2.11. The Kier molecular flexibility index (Phi) is 4.14. The summed E-state index contributed by atoms with van der Waals surface area (Å²) in [5, 5.41) is 8.17. The molecule has 0 spiro atoms. The van der Waals surface area contributed by atoms with Crippen LogP contribution in [0.1, 0.15) is 5.69 Å². The second-order valence-corrected chi connectivity index (χ2v) is 5.60. The van der Waals surface area contributed by atoms with Crippen molar-refractivity contribution in [2.45, 2.75) is 6.54 Å². The molecule has 7 nitrogen and oxygen atoms in total. The van der Waals surface area contributed by atoms with Crippen LogP contribution in [0.15, 0.2) is 55.2 Å². The van der Waals surface area contributed by atoms with E-state index in [1.54, 1.807) is 23.1 Å². The molecule has 0 radical (unpaired) electrons. The standard InChI is InChI=1S/C18H15FN6O/c1-26-17-6-14-16(7-15(17)19)21-11-22-18(14)24-13-8-23-25(10-13)9-12-4-2-3-5-20-12/h2-8,10-11H,9H2,1H3,(H,21,22,24). The normalized spacial score (nSPS) is 10.8. The molecule has 4 rings (SSSR count). The lowest BCUT2D eigenvalue weighted by Crippen LogP contribution is -2.01. The predicted molar refractivity (Wildman–Crippen MR) is 94.9 cm³/mol. The van der Waals surface area contributed by atoms with Gasteiger partial charge in [0.25, 0.3) is 0 Å². The number of nitrogens with zero attached hydrogens (tertiary/aromatic N) is 5. The fraction of sp³-hybridized carbons (Fsp3) is 0.111. The van der Waals surface area contributed by atoms with Gasteiger partial charge in [-0.3, -0.25) is 9.67 Å². The van der Waals surface area contributed by atoms with Gasteiger partial charge in [0, 0.05) is 23.8 Å². The molecule has 1 aromatic carbocycles. The molecule has 0 saturated heterocycles. The average molecular weight is 350 g/mol. The van der Waals surface area contributed by atoms with Gasteiger partial charge in [0.1, 0.15) is 12.1 Å². The minimum atomic E-state index is -0.465. The summed E-state index contributed by atoms with van der Waals surface area (Å²) in [7, 11) is 1.42. The molecule has 0 saturated carbocycles. The number of hydrogen-bond donors (Lipinski definition) is 1. The molecule has 0 amide bonds. The smallest absolute Gasteiger partial charge is 0.167 e. The Bertz CT molecular complexity index is 1050. The number of methoxy groups -OCH3 is 1. The van der Waals surface area contributed by atoms with E-state index in [1.165, 1.54) is 19.5 Å². The van der Waals surface area contributed by atoms with Crippen molar-refractivity contribution >= 4 is 22.4 Å². The maximum absolute atomic E-state index is 13.9. The summed E-state index contributed by atoms with van der Waals surface area (Å²) in [6, 6.07) is 8.64. The van der Waals surface area contributed by atoms with Gasteiger partial charge < -0.3 is 10.1 Å². The molecule has 26 heavy (non-hydrogen) atoms. The van der Waals surface area contributed by atoms with Crippen LogP contribution in [0.25, 0.3) is 10.9 Å². The lowest BCUT2D eigenvalue weighted by molar-refractivity contribution is 0.387. The van der Waals surface area contributed by atoms with Crippen molar-refractivity contribution in [3.05, 3.63) is 66.8 Å². The van der Waals surface area contributed by atoms with Crippen molar-refractivity contribution in [2.24, 2.45) is 0 Å². The number of benzene rings is 1. The highest BCUT2D eigenvalue weighted by molar-refractivity contribution is 5.91. The first kappa shape index (κ1) is 15.9. The molecule has 3 heterocycles. The van der Waals surface area contributed by atoms with Crippen LogP contribution in [0, 0.1) is 5.82 Å². The molecule has 0 fully saturated rings. The van der Waals surface area contributed by atoms with Gasteiger partial charge in [-0.1, -0.05) is 6.07 Å². The van der Waals surface area contributed by atoms with Gasteiger partial charge in [-0.05, 0) is 18.2 Å². The van der Waals surface area contributed by atoms with Crippen LogP contribution in [0.2, 0.25) is 0 Å². The van der Waals surface area contributed by atoms with E-state index in [1.807, 2.05) is 24.4 Å². The van der Waals surface area contributed by atoms with Gasteiger partial charge in [-0.25, -0.2) is 14.4 Å². The first-order valence-electron chi connectivity index (χ1n) is 7.90. The van der Waals surface area contributed by atoms with Crippen molar-refractivity contribution in [3.8, 4) is 5.75 Å². The first-order valence-corrected chi connectivity index (χ1v) is 7.90. The number of halogens is 1. The third kappa shape index (κ3) is 3.16. The summed E-state index contributed by atoms with van der Waals surface area (Å²) in [6.45, 7) is 0.562. The molecule has 0 aliphatic heterocycles. The van der Waals surface area contributed by atoms with Crippen molar-refractivity contribution in [2.75, 3.05) is 12.4 Å². The lowest BCUT2D eigenvalue weighted by atomic mass is 10.2. The van der Waals surface area contributed by atoms with Crippen LogP contribution < -0.4 is 10.1 Å². The van der Waals surface area contributed by atoms with Crippen molar-refractivity contribution < 1.29 is 9.13 Å². The Morgan fingerprint density at radius 1 is 1.19 bits per heavy atom. The second kappa shape index (κ2) is 6.75. The van der Waals surface area contributed by atoms with Gasteiger partial charge in [0.05, 0.1) is 36.7 Å². The average Bonchev–Trinajstić information content (AvgIpc) is 3.09. The van der Waals surface area contributed by atoms with E-state index in [4.69, 9.17) is 4.74 Å². The number of hydrogen-bond acceptors (Lipinski definition) is 6. The monoisotopic (exact) mass is 350 g/mol. The molecule has 0 aliphatic carbocycles. The fourth-order valence-corrected chi connectivity index (χ4v) is 2.62. The quantitative estimate of drug-likeness (QED) is 0.596. The van der Waals surface area contributed by atoms with Crippen LogP contribution in [0.4, 0.5) is 15.9 Å². The Morgan fingerprint density at radius 2 is 2.12 bits per heavy atom. The van der Waals surface area contributed by atoms with E-state index in [-0.39, 0.29) is 5.75 Å². The van der Waals surface area contributed by atoms with Crippen molar-refractivity contribution in [1.82, 2.24) is 24.7 Å². The van der Waals surface area contributed by atoms with Crippen LogP contribution in [-0.2, 0) is 6.54 Å². The topological polar surface area (TPSA) is 77.8 Å². The summed E-state index contributed by atoms with van der Waals surface area (Å²) < 4.78 is 20.7. The molecule has 8 heteroatoms. The zero-order chi connectivity index (χ0) is 17.9. The Morgan fingerprint density at radius 3 is 2.92 bits per heavy atom. The van der Waals surface area contributed by atoms with E-state index in [2.05, 4.69) is 25.4 Å². The van der Waals surface area contributed by atoms with Crippen LogP contribution in [0.3, 0.4) is 0 Å². The molecule has 1 N–H and O–H groups in total. The molecule has 130 valence electrons. The summed E-state index contributed by atoms with van der Waals surface area (Å²) in [5.74, 6) is 0.222. The first-order chi connectivity index (χ1) is 12.7. The summed E-state index contributed by atoms with van der Waals surface area (Å²) >= 11 is 0. The van der Waals surface area contributed by atoms with Gasteiger partial charge >= 0.3 is 0 Å². The summed E-state index contributed by atoms with van der Waals surface area (Å²) in [4.78, 5) is 12.6. The summed E-state index contributed by atoms with van der Waals surface area (Å²) in [5.41, 5.74) is 2.15. The number of anilines is 2. The number of ether oxygens (including phenoxy) is 1. The van der Waals surface area contributed by atoms with E-state index < -0.39 is 5.82 Å². The molecular formula is C18H15FN6O. The minimum absolute atomic E-state index is 0.140. The largest absolute Gasteiger partial charge is 0.494 e. The van der Waals surface area contributed by atoms with Gasteiger partial charge in [-0.2, -0.15) is 5.10 Å². The third-order valence-electron chi connectivity index (χ3n) is 3.86.